The minimum atomic E-state index is -4.23. The van der Waals surface area contributed by atoms with Gasteiger partial charge in [0, 0.05) is 12.6 Å². The molecule has 0 unspecified atom stereocenters. The lowest BCUT2D eigenvalue weighted by atomic mass is 10.1. The highest BCUT2D eigenvalue weighted by atomic mass is 35.5. The minimum Gasteiger partial charge on any atom is -0.352 e. The average Bonchev–Trinajstić information content (AvgIpc) is 2.92. The quantitative estimate of drug-likeness (QED) is 0.305. The Morgan fingerprint density at radius 3 is 2.21 bits per heavy atom. The molecule has 2 amide bonds. The van der Waals surface area contributed by atoms with Gasteiger partial charge in [0.15, 0.2) is 0 Å². The molecule has 2 atom stereocenters. The summed E-state index contributed by atoms with van der Waals surface area (Å²) in [7, 11) is -4.23. The van der Waals surface area contributed by atoms with Crippen molar-refractivity contribution < 1.29 is 18.0 Å². The van der Waals surface area contributed by atoms with Gasteiger partial charge in [0.2, 0.25) is 11.8 Å². The van der Waals surface area contributed by atoms with Gasteiger partial charge in [-0.05, 0) is 62.6 Å². The van der Waals surface area contributed by atoms with E-state index in [-0.39, 0.29) is 39.1 Å². The van der Waals surface area contributed by atoms with Crippen molar-refractivity contribution in [2.24, 2.45) is 0 Å². The molecule has 0 heterocycles. The van der Waals surface area contributed by atoms with Crippen LogP contribution < -0.4 is 9.62 Å². The molecular weight excluding hydrogens is 557 g/mol. The number of carbonyl (C=O) groups is 2. The van der Waals surface area contributed by atoms with Gasteiger partial charge in [0.05, 0.1) is 20.6 Å². The molecule has 10 heteroatoms. The fourth-order valence-electron chi connectivity index (χ4n) is 3.94. The highest BCUT2D eigenvalue weighted by molar-refractivity contribution is 7.92. The number of amides is 2. The number of hydrogen-bond donors (Lipinski definition) is 1. The molecule has 1 N–H and O–H groups in total. The Balaban J connectivity index is 2.07. The summed E-state index contributed by atoms with van der Waals surface area (Å²) in [6.45, 7) is 6.91. The maximum absolute atomic E-state index is 14.0. The topological polar surface area (TPSA) is 86.8 Å². The molecule has 0 spiro atoms. The fraction of sp³-hybridized carbons (Fsp3) is 0.310. The molecule has 0 aliphatic carbocycles. The first-order chi connectivity index (χ1) is 18.5. The first-order valence-corrected chi connectivity index (χ1v) is 14.8. The first kappa shape index (κ1) is 30.5. The van der Waals surface area contributed by atoms with Crippen LogP contribution in [-0.4, -0.2) is 43.8 Å². The molecule has 208 valence electrons. The molecule has 39 heavy (non-hydrogen) atoms. The molecule has 0 fully saturated rings. The third kappa shape index (κ3) is 7.32. The van der Waals surface area contributed by atoms with Gasteiger partial charge in [0.1, 0.15) is 12.6 Å². The van der Waals surface area contributed by atoms with Crippen molar-refractivity contribution in [3.63, 3.8) is 0 Å². The summed E-state index contributed by atoms with van der Waals surface area (Å²) in [5.74, 6) is -0.898. The summed E-state index contributed by atoms with van der Waals surface area (Å²) < 4.78 is 28.6. The fourth-order valence-corrected chi connectivity index (χ4v) is 5.83. The summed E-state index contributed by atoms with van der Waals surface area (Å²) >= 11 is 12.7. The lowest BCUT2D eigenvalue weighted by Gasteiger charge is -2.33. The number of anilines is 1. The van der Waals surface area contributed by atoms with Crippen molar-refractivity contribution in [3.05, 3.63) is 94.0 Å². The number of aryl methyl sites for hydroxylation is 1. The molecule has 0 saturated carbocycles. The van der Waals surface area contributed by atoms with Crippen LogP contribution in [-0.2, 0) is 26.2 Å². The lowest BCUT2D eigenvalue weighted by Crippen LogP contribution is -2.52. The van der Waals surface area contributed by atoms with Crippen molar-refractivity contribution in [1.29, 1.82) is 0 Å². The van der Waals surface area contributed by atoms with Gasteiger partial charge in [-0.3, -0.25) is 13.9 Å². The SMILES string of the molecule is CC[C@H](C)NC(=O)[C@H](C)N(Cc1ccccc1C)C(=O)CN(c1cccc(Cl)c1Cl)S(=O)(=O)c1ccccc1. The van der Waals surface area contributed by atoms with Crippen molar-refractivity contribution in [2.75, 3.05) is 10.8 Å². The molecule has 0 saturated heterocycles. The van der Waals surface area contributed by atoms with Crippen molar-refractivity contribution in [2.45, 2.75) is 57.6 Å². The number of halogens is 2. The number of carbonyl (C=O) groups excluding carboxylic acids is 2. The maximum Gasteiger partial charge on any atom is 0.264 e. The molecule has 0 aliphatic heterocycles. The highest BCUT2D eigenvalue weighted by Gasteiger charge is 2.34. The van der Waals surface area contributed by atoms with Crippen LogP contribution in [0.25, 0.3) is 0 Å². The van der Waals surface area contributed by atoms with Crippen LogP contribution in [0.2, 0.25) is 10.0 Å². The predicted molar refractivity (Wildman–Crippen MR) is 157 cm³/mol. The largest absolute Gasteiger partial charge is 0.352 e. The molecular formula is C29H33Cl2N3O4S. The van der Waals surface area contributed by atoms with E-state index in [9.17, 15) is 18.0 Å². The van der Waals surface area contributed by atoms with E-state index in [1.807, 2.05) is 45.0 Å². The zero-order valence-electron chi connectivity index (χ0n) is 22.4. The zero-order chi connectivity index (χ0) is 28.7. The number of rotatable bonds is 11. The van der Waals surface area contributed by atoms with Crippen LogP contribution in [0.1, 0.15) is 38.3 Å². The van der Waals surface area contributed by atoms with Crippen LogP contribution in [0, 0.1) is 6.92 Å². The molecule has 0 radical (unpaired) electrons. The van der Waals surface area contributed by atoms with Gasteiger partial charge in [0.25, 0.3) is 10.0 Å². The number of benzene rings is 3. The molecule has 3 rings (SSSR count). The maximum atomic E-state index is 14.0. The summed E-state index contributed by atoms with van der Waals surface area (Å²) in [4.78, 5) is 28.5. The van der Waals surface area contributed by atoms with E-state index in [1.54, 1.807) is 31.2 Å². The average molecular weight is 591 g/mol. The van der Waals surface area contributed by atoms with Gasteiger partial charge >= 0.3 is 0 Å². The molecule has 0 bridgehead atoms. The van der Waals surface area contributed by atoms with E-state index in [0.717, 1.165) is 21.9 Å². The van der Waals surface area contributed by atoms with Gasteiger partial charge in [-0.1, -0.05) is 78.7 Å². The Bertz CT molecular complexity index is 1420. The van der Waals surface area contributed by atoms with Crippen LogP contribution in [0.15, 0.2) is 77.7 Å². The molecule has 7 nitrogen and oxygen atoms in total. The van der Waals surface area contributed by atoms with Crippen molar-refractivity contribution in [3.8, 4) is 0 Å². The molecule has 0 aliphatic rings. The summed E-state index contributed by atoms with van der Waals surface area (Å²) in [5.41, 5.74) is 1.85. The van der Waals surface area contributed by atoms with E-state index in [2.05, 4.69) is 5.32 Å². The van der Waals surface area contributed by atoms with E-state index < -0.39 is 28.5 Å². The summed E-state index contributed by atoms with van der Waals surface area (Å²) in [5, 5.41) is 3.07. The smallest absolute Gasteiger partial charge is 0.264 e. The standard InChI is InChI=1S/C29H33Cl2N3O4S/c1-5-21(3)32-29(36)22(4)33(18-23-13-10-9-12-20(23)2)27(35)19-34(26-17-11-16-25(30)28(26)31)39(37,38)24-14-7-6-8-15-24/h6-17,21-22H,5,18-19H2,1-4H3,(H,32,36)/t21-,22-/m0/s1. The van der Waals surface area contributed by atoms with Gasteiger partial charge in [-0.2, -0.15) is 0 Å². The minimum absolute atomic E-state index is 0.000473. The highest BCUT2D eigenvalue weighted by Crippen LogP contribution is 2.35. The molecule has 0 aromatic heterocycles. The van der Waals surface area contributed by atoms with Crippen LogP contribution >= 0.6 is 23.2 Å². The normalized spacial score (nSPS) is 12.9. The zero-order valence-corrected chi connectivity index (χ0v) is 24.7. The Labute approximate surface area is 240 Å². The number of nitrogens with zero attached hydrogens (tertiary/aromatic N) is 2. The second-order valence-electron chi connectivity index (χ2n) is 9.34. The van der Waals surface area contributed by atoms with E-state index in [4.69, 9.17) is 23.2 Å². The van der Waals surface area contributed by atoms with Crippen LogP contribution in [0.5, 0.6) is 0 Å². The Morgan fingerprint density at radius 2 is 1.56 bits per heavy atom. The van der Waals surface area contributed by atoms with E-state index in [1.165, 1.54) is 29.2 Å². The second-order valence-corrected chi connectivity index (χ2v) is 12.0. The van der Waals surface area contributed by atoms with Gasteiger partial charge < -0.3 is 10.2 Å². The predicted octanol–water partition coefficient (Wildman–Crippen LogP) is 5.83. The number of sulfonamides is 1. The Hall–Kier alpha value is -3.07. The van der Waals surface area contributed by atoms with Crippen molar-refractivity contribution >= 4 is 50.7 Å². The Kier molecular flexibility index (Phi) is 10.4. The van der Waals surface area contributed by atoms with Gasteiger partial charge in [-0.15, -0.1) is 0 Å². The monoisotopic (exact) mass is 589 g/mol. The third-order valence-electron chi connectivity index (χ3n) is 6.58. The lowest BCUT2D eigenvalue weighted by molar-refractivity contribution is -0.139. The first-order valence-electron chi connectivity index (χ1n) is 12.6. The molecule has 3 aromatic carbocycles. The number of nitrogens with one attached hydrogen (secondary N) is 1. The Morgan fingerprint density at radius 1 is 0.923 bits per heavy atom. The second kappa shape index (κ2) is 13.3. The van der Waals surface area contributed by atoms with Gasteiger partial charge in [-0.25, -0.2) is 8.42 Å². The summed E-state index contributed by atoms with van der Waals surface area (Å²) in [6, 6.07) is 18.9. The van der Waals surface area contributed by atoms with E-state index in [0.29, 0.717) is 0 Å². The molecule has 3 aromatic rings. The number of hydrogen-bond acceptors (Lipinski definition) is 4. The van der Waals surface area contributed by atoms with Crippen LogP contribution in [0.3, 0.4) is 0 Å². The van der Waals surface area contributed by atoms with E-state index >= 15 is 0 Å². The third-order valence-corrected chi connectivity index (χ3v) is 9.16. The summed E-state index contributed by atoms with van der Waals surface area (Å²) in [6.07, 6.45) is 0.723. The van der Waals surface area contributed by atoms with Crippen LogP contribution in [0.4, 0.5) is 5.69 Å². The van der Waals surface area contributed by atoms with Crippen molar-refractivity contribution in [1.82, 2.24) is 10.2 Å².